The fraction of sp³-hybridized carbons (Fsp3) is 0.0833. The molecular weight excluding hydrogens is 398 g/mol. The largest absolute Gasteiger partial charge is 0.487 e. The van der Waals surface area contributed by atoms with Gasteiger partial charge in [-0.2, -0.15) is 0 Å². The van der Waals surface area contributed by atoms with Crippen LogP contribution in [0.4, 0.5) is 0 Å². The minimum absolute atomic E-state index is 0.0506. The van der Waals surface area contributed by atoms with Gasteiger partial charge in [0.1, 0.15) is 12.4 Å². The SMILES string of the molecule is O=C(O)Cc1ccc([S@@](=O)c2ccc(OCc3ccc4ccccc4n3)cc2)cc1. The Bertz CT molecular complexity index is 1200. The van der Waals surface area contributed by atoms with E-state index in [4.69, 9.17) is 9.84 Å². The fourth-order valence-electron chi connectivity index (χ4n) is 3.05. The molecule has 0 bridgehead atoms. The Morgan fingerprint density at radius 2 is 1.53 bits per heavy atom. The number of aromatic nitrogens is 1. The Hall–Kier alpha value is -3.51. The van der Waals surface area contributed by atoms with Gasteiger partial charge in [-0.1, -0.05) is 36.4 Å². The maximum absolute atomic E-state index is 12.7. The standard InChI is InChI=1S/C24H19NO4S/c26-24(27)15-17-5-11-21(12-6-17)30(28)22-13-9-20(10-14-22)29-16-19-8-7-18-3-1-2-4-23(18)25-19/h1-14H,15-16H2,(H,26,27)/t30-/m1/s1. The molecule has 150 valence electrons. The smallest absolute Gasteiger partial charge is 0.307 e. The lowest BCUT2D eigenvalue weighted by molar-refractivity contribution is -0.136. The van der Waals surface area contributed by atoms with E-state index in [-0.39, 0.29) is 6.42 Å². The topological polar surface area (TPSA) is 76.5 Å². The first-order chi connectivity index (χ1) is 14.6. The van der Waals surface area contributed by atoms with Crippen LogP contribution in [-0.4, -0.2) is 20.3 Å². The second-order valence-corrected chi connectivity index (χ2v) is 8.22. The van der Waals surface area contributed by atoms with E-state index in [1.807, 2.05) is 36.4 Å². The van der Waals surface area contributed by atoms with E-state index < -0.39 is 16.8 Å². The lowest BCUT2D eigenvalue weighted by Crippen LogP contribution is -2.00. The van der Waals surface area contributed by atoms with E-state index in [1.54, 1.807) is 48.5 Å². The summed E-state index contributed by atoms with van der Waals surface area (Å²) >= 11 is 0. The molecule has 0 saturated heterocycles. The molecule has 6 heteroatoms. The fourth-order valence-corrected chi connectivity index (χ4v) is 4.09. The van der Waals surface area contributed by atoms with Gasteiger partial charge in [0.05, 0.1) is 28.4 Å². The van der Waals surface area contributed by atoms with Crippen LogP contribution in [0.2, 0.25) is 0 Å². The molecule has 0 aliphatic heterocycles. The first-order valence-corrected chi connectivity index (χ1v) is 10.5. The van der Waals surface area contributed by atoms with Crippen molar-refractivity contribution in [2.75, 3.05) is 0 Å². The molecule has 1 atom stereocenters. The van der Waals surface area contributed by atoms with E-state index >= 15 is 0 Å². The molecule has 0 radical (unpaired) electrons. The number of benzene rings is 3. The van der Waals surface area contributed by atoms with Gasteiger partial charge >= 0.3 is 5.97 Å². The van der Waals surface area contributed by atoms with Crippen LogP contribution in [0.5, 0.6) is 5.75 Å². The number of carboxylic acids is 1. The molecule has 0 saturated carbocycles. The minimum atomic E-state index is -1.35. The third-order valence-corrected chi connectivity index (χ3v) is 5.97. The average Bonchev–Trinajstić information content (AvgIpc) is 2.77. The molecule has 30 heavy (non-hydrogen) atoms. The zero-order valence-electron chi connectivity index (χ0n) is 16.0. The number of aliphatic carboxylic acids is 1. The molecule has 3 aromatic carbocycles. The van der Waals surface area contributed by atoms with Crippen molar-refractivity contribution >= 4 is 27.7 Å². The van der Waals surface area contributed by atoms with Gasteiger partial charge in [-0.25, -0.2) is 9.19 Å². The lowest BCUT2D eigenvalue weighted by atomic mass is 10.2. The molecule has 1 N–H and O–H groups in total. The van der Waals surface area contributed by atoms with Crippen LogP contribution in [0.15, 0.2) is 94.7 Å². The summed E-state index contributed by atoms with van der Waals surface area (Å²) in [6, 6.07) is 25.8. The van der Waals surface area contributed by atoms with Crippen molar-refractivity contribution < 1.29 is 18.8 Å². The summed E-state index contributed by atoms with van der Waals surface area (Å²) in [5.41, 5.74) is 2.44. The molecule has 5 nitrogen and oxygen atoms in total. The van der Waals surface area contributed by atoms with Crippen LogP contribution < -0.4 is 4.74 Å². The van der Waals surface area contributed by atoms with Crippen LogP contribution in [0.25, 0.3) is 10.9 Å². The van der Waals surface area contributed by atoms with Crippen LogP contribution in [0.1, 0.15) is 11.3 Å². The molecule has 0 amide bonds. The number of hydrogen-bond acceptors (Lipinski definition) is 4. The minimum Gasteiger partial charge on any atom is -0.487 e. The summed E-state index contributed by atoms with van der Waals surface area (Å²) in [5, 5.41) is 9.92. The number of carbonyl (C=O) groups is 1. The highest BCUT2D eigenvalue weighted by Crippen LogP contribution is 2.21. The van der Waals surface area contributed by atoms with Crippen molar-refractivity contribution in [3.8, 4) is 5.75 Å². The summed E-state index contributed by atoms with van der Waals surface area (Å²) in [7, 11) is -1.35. The molecular formula is C24H19NO4S. The number of ether oxygens (including phenoxy) is 1. The third-order valence-electron chi connectivity index (χ3n) is 4.57. The first-order valence-electron chi connectivity index (χ1n) is 9.38. The second-order valence-electron chi connectivity index (χ2n) is 6.74. The number of fused-ring (bicyclic) bond motifs is 1. The predicted octanol–water partition coefficient (Wildman–Crippen LogP) is 4.61. The van der Waals surface area contributed by atoms with E-state index in [2.05, 4.69) is 4.98 Å². The van der Waals surface area contributed by atoms with E-state index in [0.29, 0.717) is 27.7 Å². The summed E-state index contributed by atoms with van der Waals surface area (Å²) in [6.45, 7) is 0.346. The van der Waals surface area contributed by atoms with Crippen molar-refractivity contribution in [3.63, 3.8) is 0 Å². The number of para-hydroxylation sites is 1. The van der Waals surface area contributed by atoms with Gasteiger partial charge in [-0.15, -0.1) is 0 Å². The molecule has 1 heterocycles. The first kappa shape index (κ1) is 19.8. The van der Waals surface area contributed by atoms with Gasteiger partial charge in [-0.3, -0.25) is 4.79 Å². The Labute approximate surface area is 176 Å². The van der Waals surface area contributed by atoms with Gasteiger partial charge in [-0.05, 0) is 54.1 Å². The normalized spacial score (nSPS) is 11.9. The van der Waals surface area contributed by atoms with E-state index in [0.717, 1.165) is 16.6 Å². The molecule has 1 aromatic heterocycles. The summed E-state index contributed by atoms with van der Waals surface area (Å²) in [5.74, 6) is -0.221. The lowest BCUT2D eigenvalue weighted by Gasteiger charge is -2.08. The molecule has 4 aromatic rings. The molecule has 0 aliphatic rings. The molecule has 4 rings (SSSR count). The summed E-state index contributed by atoms with van der Waals surface area (Å²) < 4.78 is 18.6. The molecule has 0 spiro atoms. The third kappa shape index (κ3) is 4.72. The zero-order chi connectivity index (χ0) is 20.9. The van der Waals surface area contributed by atoms with Gasteiger partial charge in [0.15, 0.2) is 0 Å². The van der Waals surface area contributed by atoms with E-state index in [9.17, 15) is 9.00 Å². The van der Waals surface area contributed by atoms with Crippen LogP contribution >= 0.6 is 0 Å². The predicted molar refractivity (Wildman–Crippen MR) is 115 cm³/mol. The number of nitrogens with zero attached hydrogens (tertiary/aromatic N) is 1. The van der Waals surface area contributed by atoms with Crippen molar-refractivity contribution in [1.82, 2.24) is 4.98 Å². The highest BCUT2D eigenvalue weighted by Gasteiger charge is 2.09. The Morgan fingerprint density at radius 1 is 0.867 bits per heavy atom. The van der Waals surface area contributed by atoms with Crippen LogP contribution in [0.3, 0.4) is 0 Å². The number of rotatable bonds is 7. The van der Waals surface area contributed by atoms with E-state index in [1.165, 1.54) is 0 Å². The maximum atomic E-state index is 12.7. The number of pyridine rings is 1. The maximum Gasteiger partial charge on any atom is 0.307 e. The van der Waals surface area contributed by atoms with Gasteiger partial charge in [0, 0.05) is 15.2 Å². The highest BCUT2D eigenvalue weighted by atomic mass is 32.2. The molecule has 0 unspecified atom stereocenters. The summed E-state index contributed by atoms with van der Waals surface area (Å²) in [4.78, 5) is 16.6. The van der Waals surface area contributed by atoms with Crippen LogP contribution in [-0.2, 0) is 28.6 Å². The van der Waals surface area contributed by atoms with Gasteiger partial charge in [0.2, 0.25) is 0 Å². The quantitative estimate of drug-likeness (QED) is 0.475. The Balaban J connectivity index is 1.40. The van der Waals surface area contributed by atoms with Crippen molar-refractivity contribution in [2.24, 2.45) is 0 Å². The van der Waals surface area contributed by atoms with Gasteiger partial charge < -0.3 is 9.84 Å². The monoisotopic (exact) mass is 417 g/mol. The second kappa shape index (κ2) is 8.88. The van der Waals surface area contributed by atoms with Crippen molar-refractivity contribution in [3.05, 3.63) is 96.2 Å². The molecule has 0 fully saturated rings. The highest BCUT2D eigenvalue weighted by molar-refractivity contribution is 7.85. The van der Waals surface area contributed by atoms with Gasteiger partial charge in [0.25, 0.3) is 0 Å². The average molecular weight is 417 g/mol. The number of hydrogen-bond donors (Lipinski definition) is 1. The number of carboxylic acid groups (broad SMARTS) is 1. The van der Waals surface area contributed by atoms with Crippen molar-refractivity contribution in [1.29, 1.82) is 0 Å². The van der Waals surface area contributed by atoms with Crippen LogP contribution in [0, 0.1) is 0 Å². The summed E-state index contributed by atoms with van der Waals surface area (Å²) in [6.07, 6.45) is -0.0506. The zero-order valence-corrected chi connectivity index (χ0v) is 16.8. The van der Waals surface area contributed by atoms with Crippen molar-refractivity contribution in [2.45, 2.75) is 22.8 Å². The molecule has 0 aliphatic carbocycles. The Kier molecular flexibility index (Phi) is 5.86. The Morgan fingerprint density at radius 3 is 2.23 bits per heavy atom.